The Balaban J connectivity index is 2.02. The van der Waals surface area contributed by atoms with Crippen LogP contribution in [0.1, 0.15) is 40.2 Å². The summed E-state index contributed by atoms with van der Waals surface area (Å²) in [6.45, 7) is 5.05. The van der Waals surface area contributed by atoms with E-state index in [9.17, 15) is 24.5 Å². The number of nitro benzene ring substituents is 1. The van der Waals surface area contributed by atoms with Gasteiger partial charge in [-0.1, -0.05) is 25.1 Å². The standard InChI is InChI=1S/C20H22N2O7S/c1-4-14-12(3)30-19(18(14)20(25)28-5-2)21-16(23)11-29-17(24)10-13-8-6-7-9-15(13)22(26)27/h6-9H,4-5,10-11H2,1-3H3,(H,21,23). The summed E-state index contributed by atoms with van der Waals surface area (Å²) in [7, 11) is 0. The lowest BCUT2D eigenvalue weighted by molar-refractivity contribution is -0.385. The molecular formula is C20H22N2O7S. The van der Waals surface area contributed by atoms with Gasteiger partial charge in [0.15, 0.2) is 6.61 Å². The zero-order valence-corrected chi connectivity index (χ0v) is 17.7. The van der Waals surface area contributed by atoms with Gasteiger partial charge < -0.3 is 14.8 Å². The molecule has 2 rings (SSSR count). The molecule has 0 saturated carbocycles. The largest absolute Gasteiger partial charge is 0.462 e. The number of rotatable bonds is 9. The number of ether oxygens (including phenoxy) is 2. The molecule has 1 aromatic heterocycles. The Bertz CT molecular complexity index is 968. The Kier molecular flexibility index (Phi) is 8.05. The Labute approximate surface area is 177 Å². The molecule has 0 spiro atoms. The third-order valence-electron chi connectivity index (χ3n) is 4.18. The van der Waals surface area contributed by atoms with Gasteiger partial charge in [-0.25, -0.2) is 4.79 Å². The van der Waals surface area contributed by atoms with Crippen molar-refractivity contribution in [2.24, 2.45) is 0 Å². The Morgan fingerprint density at radius 1 is 1.17 bits per heavy atom. The number of thiophene rings is 1. The van der Waals surface area contributed by atoms with E-state index in [0.29, 0.717) is 17.0 Å². The number of nitrogens with one attached hydrogen (secondary N) is 1. The molecule has 160 valence electrons. The van der Waals surface area contributed by atoms with E-state index >= 15 is 0 Å². The summed E-state index contributed by atoms with van der Waals surface area (Å²) in [6, 6.07) is 5.81. The molecule has 1 amide bonds. The van der Waals surface area contributed by atoms with Crippen molar-refractivity contribution in [1.29, 1.82) is 0 Å². The fraction of sp³-hybridized carbons (Fsp3) is 0.350. The summed E-state index contributed by atoms with van der Waals surface area (Å²) in [5.41, 5.74) is 1.10. The fourth-order valence-corrected chi connectivity index (χ4v) is 4.01. The van der Waals surface area contributed by atoms with E-state index in [1.54, 1.807) is 13.0 Å². The second kappa shape index (κ2) is 10.5. The number of aryl methyl sites for hydroxylation is 1. The Morgan fingerprint density at radius 2 is 1.87 bits per heavy atom. The Hall–Kier alpha value is -3.27. The predicted molar refractivity (Wildman–Crippen MR) is 111 cm³/mol. The van der Waals surface area contributed by atoms with Crippen LogP contribution in [0, 0.1) is 17.0 Å². The van der Waals surface area contributed by atoms with Crippen molar-refractivity contribution < 1.29 is 28.8 Å². The van der Waals surface area contributed by atoms with Crippen LogP contribution in [0.3, 0.4) is 0 Å². The maximum atomic E-state index is 12.3. The predicted octanol–water partition coefficient (Wildman–Crippen LogP) is 3.43. The van der Waals surface area contributed by atoms with Crippen LogP contribution in [-0.2, 0) is 31.9 Å². The van der Waals surface area contributed by atoms with Crippen molar-refractivity contribution in [3.63, 3.8) is 0 Å². The molecule has 1 aromatic carbocycles. The molecule has 9 nitrogen and oxygen atoms in total. The van der Waals surface area contributed by atoms with Crippen LogP contribution in [0.2, 0.25) is 0 Å². The maximum absolute atomic E-state index is 12.3. The first-order chi connectivity index (χ1) is 14.3. The number of esters is 2. The quantitative estimate of drug-likeness (QED) is 0.364. The van der Waals surface area contributed by atoms with Gasteiger partial charge in [-0.05, 0) is 25.8 Å². The number of benzene rings is 1. The molecule has 1 N–H and O–H groups in total. The highest BCUT2D eigenvalue weighted by atomic mass is 32.1. The highest BCUT2D eigenvalue weighted by Gasteiger charge is 2.24. The number of para-hydroxylation sites is 1. The van der Waals surface area contributed by atoms with Crippen LogP contribution in [-0.4, -0.2) is 36.0 Å². The SMILES string of the molecule is CCOC(=O)c1c(NC(=O)COC(=O)Cc2ccccc2[N+](=O)[O-])sc(C)c1CC. The maximum Gasteiger partial charge on any atom is 0.341 e. The van der Waals surface area contributed by atoms with E-state index in [4.69, 9.17) is 9.47 Å². The van der Waals surface area contributed by atoms with Crippen LogP contribution in [0.25, 0.3) is 0 Å². The van der Waals surface area contributed by atoms with Gasteiger partial charge in [-0.2, -0.15) is 0 Å². The van der Waals surface area contributed by atoms with Gasteiger partial charge in [0.05, 0.1) is 23.5 Å². The molecule has 0 atom stereocenters. The monoisotopic (exact) mass is 434 g/mol. The molecule has 0 aliphatic rings. The van der Waals surface area contributed by atoms with Crippen molar-refractivity contribution >= 4 is 39.9 Å². The summed E-state index contributed by atoms with van der Waals surface area (Å²) in [5, 5.41) is 13.9. The molecule has 0 aliphatic heterocycles. The van der Waals surface area contributed by atoms with Gasteiger partial charge in [0, 0.05) is 16.5 Å². The molecule has 0 radical (unpaired) electrons. The number of carbonyl (C=O) groups is 3. The lowest BCUT2D eigenvalue weighted by Crippen LogP contribution is -2.22. The van der Waals surface area contributed by atoms with Crippen molar-refractivity contribution in [2.45, 2.75) is 33.6 Å². The summed E-state index contributed by atoms with van der Waals surface area (Å²) >= 11 is 1.24. The lowest BCUT2D eigenvalue weighted by atomic mass is 10.1. The topological polar surface area (TPSA) is 125 Å². The minimum absolute atomic E-state index is 0.193. The minimum Gasteiger partial charge on any atom is -0.462 e. The summed E-state index contributed by atoms with van der Waals surface area (Å²) in [6.07, 6.45) is 0.258. The van der Waals surface area contributed by atoms with Crippen LogP contribution >= 0.6 is 11.3 Å². The molecule has 0 aliphatic carbocycles. The average Bonchev–Trinajstić information content (AvgIpc) is 3.01. The molecule has 2 aromatic rings. The first-order valence-electron chi connectivity index (χ1n) is 9.25. The minimum atomic E-state index is -0.776. The highest BCUT2D eigenvalue weighted by Crippen LogP contribution is 2.34. The van der Waals surface area contributed by atoms with Crippen molar-refractivity contribution in [3.05, 3.63) is 55.9 Å². The molecule has 10 heteroatoms. The van der Waals surface area contributed by atoms with Gasteiger partial charge in [0.25, 0.3) is 11.6 Å². The number of carbonyl (C=O) groups excluding carboxylic acids is 3. The highest BCUT2D eigenvalue weighted by molar-refractivity contribution is 7.16. The van der Waals surface area contributed by atoms with Gasteiger partial charge in [0.2, 0.25) is 0 Å². The lowest BCUT2D eigenvalue weighted by Gasteiger charge is -2.09. The molecule has 0 unspecified atom stereocenters. The first-order valence-corrected chi connectivity index (χ1v) is 10.1. The third-order valence-corrected chi connectivity index (χ3v) is 5.25. The summed E-state index contributed by atoms with van der Waals surface area (Å²) in [4.78, 5) is 47.9. The van der Waals surface area contributed by atoms with Crippen LogP contribution in [0.4, 0.5) is 10.7 Å². The second-order valence-electron chi connectivity index (χ2n) is 6.19. The smallest absolute Gasteiger partial charge is 0.341 e. The average molecular weight is 434 g/mol. The number of nitrogens with zero attached hydrogens (tertiary/aromatic N) is 1. The number of nitro groups is 1. The third kappa shape index (κ3) is 5.63. The van der Waals surface area contributed by atoms with Gasteiger partial charge >= 0.3 is 11.9 Å². The van der Waals surface area contributed by atoms with Crippen LogP contribution < -0.4 is 5.32 Å². The zero-order valence-electron chi connectivity index (χ0n) is 16.9. The van der Waals surface area contributed by atoms with E-state index < -0.39 is 29.4 Å². The van der Waals surface area contributed by atoms with E-state index in [1.807, 2.05) is 13.8 Å². The number of hydrogen-bond acceptors (Lipinski definition) is 8. The van der Waals surface area contributed by atoms with Crippen molar-refractivity contribution in [1.82, 2.24) is 0 Å². The van der Waals surface area contributed by atoms with E-state index in [1.165, 1.54) is 29.5 Å². The summed E-state index contributed by atoms with van der Waals surface area (Å²) in [5.74, 6) is -1.93. The van der Waals surface area contributed by atoms with E-state index in [0.717, 1.165) is 10.4 Å². The number of hydrogen-bond donors (Lipinski definition) is 1. The summed E-state index contributed by atoms with van der Waals surface area (Å²) < 4.78 is 10.0. The van der Waals surface area contributed by atoms with Crippen LogP contribution in [0.5, 0.6) is 0 Å². The zero-order chi connectivity index (χ0) is 22.3. The molecule has 30 heavy (non-hydrogen) atoms. The first kappa shape index (κ1) is 23.0. The molecule has 0 fully saturated rings. The van der Waals surface area contributed by atoms with E-state index in [2.05, 4.69) is 5.32 Å². The van der Waals surface area contributed by atoms with Gasteiger partial charge in [-0.15, -0.1) is 11.3 Å². The normalized spacial score (nSPS) is 10.4. The molecular weight excluding hydrogens is 412 g/mol. The van der Waals surface area contributed by atoms with Crippen molar-refractivity contribution in [2.75, 3.05) is 18.5 Å². The van der Waals surface area contributed by atoms with Crippen molar-refractivity contribution in [3.8, 4) is 0 Å². The van der Waals surface area contributed by atoms with Gasteiger partial charge in [0.1, 0.15) is 5.00 Å². The van der Waals surface area contributed by atoms with Gasteiger partial charge in [-0.3, -0.25) is 19.7 Å². The fourth-order valence-electron chi connectivity index (χ4n) is 2.87. The number of anilines is 1. The Morgan fingerprint density at radius 3 is 2.50 bits per heavy atom. The molecule has 1 heterocycles. The molecule has 0 saturated heterocycles. The molecule has 0 bridgehead atoms. The number of amides is 1. The van der Waals surface area contributed by atoms with E-state index in [-0.39, 0.29) is 24.3 Å². The second-order valence-corrected chi connectivity index (χ2v) is 7.41. The van der Waals surface area contributed by atoms with Crippen LogP contribution in [0.15, 0.2) is 24.3 Å².